The number of aliphatic imine (C=N–C) groups is 1. The van der Waals surface area contributed by atoms with Gasteiger partial charge in [-0.25, -0.2) is 4.99 Å². The highest BCUT2D eigenvalue weighted by Gasteiger charge is 2.15. The predicted molar refractivity (Wildman–Crippen MR) is 116 cm³/mol. The van der Waals surface area contributed by atoms with Gasteiger partial charge >= 0.3 is 0 Å². The van der Waals surface area contributed by atoms with E-state index in [2.05, 4.69) is 33.1 Å². The molecule has 4 rings (SSSR count). The molecule has 28 heavy (non-hydrogen) atoms. The van der Waals surface area contributed by atoms with Gasteiger partial charge in [-0.15, -0.1) is 0 Å². The SMILES string of the molecule is CC(=O)Nc1ccc(NC(=O)CSC2=Nc3cccc4cccc(c34)N2)cc1. The Morgan fingerprint density at radius 3 is 2.36 bits per heavy atom. The summed E-state index contributed by atoms with van der Waals surface area (Å²) < 4.78 is 0. The van der Waals surface area contributed by atoms with E-state index in [1.165, 1.54) is 18.7 Å². The minimum Gasteiger partial charge on any atom is -0.334 e. The van der Waals surface area contributed by atoms with E-state index in [0.29, 0.717) is 16.5 Å². The first-order chi connectivity index (χ1) is 13.6. The smallest absolute Gasteiger partial charge is 0.234 e. The van der Waals surface area contributed by atoms with Crippen LogP contribution in [0, 0.1) is 0 Å². The van der Waals surface area contributed by atoms with E-state index in [0.717, 1.165) is 22.1 Å². The first-order valence-electron chi connectivity index (χ1n) is 8.76. The number of hydrogen-bond donors (Lipinski definition) is 3. The first-order valence-corrected chi connectivity index (χ1v) is 9.75. The number of nitrogens with one attached hydrogen (secondary N) is 3. The summed E-state index contributed by atoms with van der Waals surface area (Å²) in [5, 5.41) is 11.8. The number of thioether (sulfide) groups is 1. The van der Waals surface area contributed by atoms with Crippen molar-refractivity contribution in [3.8, 4) is 0 Å². The van der Waals surface area contributed by atoms with Crippen molar-refractivity contribution >= 4 is 62.3 Å². The lowest BCUT2D eigenvalue weighted by molar-refractivity contribution is -0.114. The molecule has 1 aliphatic heterocycles. The lowest BCUT2D eigenvalue weighted by atomic mass is 10.1. The van der Waals surface area contributed by atoms with Crippen LogP contribution in [-0.4, -0.2) is 22.7 Å². The fraction of sp³-hybridized carbons (Fsp3) is 0.0952. The van der Waals surface area contributed by atoms with Gasteiger partial charge in [-0.2, -0.15) is 0 Å². The number of benzene rings is 3. The van der Waals surface area contributed by atoms with Gasteiger partial charge in [-0.1, -0.05) is 36.0 Å². The van der Waals surface area contributed by atoms with Crippen LogP contribution in [0.5, 0.6) is 0 Å². The second-order valence-corrected chi connectivity index (χ2v) is 7.28. The molecule has 140 valence electrons. The minimum absolute atomic E-state index is 0.126. The Labute approximate surface area is 166 Å². The largest absolute Gasteiger partial charge is 0.334 e. The van der Waals surface area contributed by atoms with Crippen molar-refractivity contribution in [1.29, 1.82) is 0 Å². The monoisotopic (exact) mass is 390 g/mol. The maximum Gasteiger partial charge on any atom is 0.234 e. The topological polar surface area (TPSA) is 82.6 Å². The van der Waals surface area contributed by atoms with Crippen LogP contribution >= 0.6 is 11.8 Å². The Bertz CT molecular complexity index is 1090. The average molecular weight is 390 g/mol. The van der Waals surface area contributed by atoms with E-state index in [9.17, 15) is 9.59 Å². The number of carbonyl (C=O) groups excluding carboxylic acids is 2. The molecule has 3 aromatic carbocycles. The Hall–Kier alpha value is -3.32. The average Bonchev–Trinajstić information content (AvgIpc) is 2.68. The van der Waals surface area contributed by atoms with E-state index in [1.807, 2.05) is 24.3 Å². The standard InChI is InChI=1S/C21H18N4O2S/c1-13(26)22-15-8-10-16(11-9-15)23-19(27)12-28-21-24-17-6-2-4-14-5-3-7-18(25-21)20(14)17/h2-11H,12H2,1H3,(H,22,26)(H,23,27)(H,24,25). The summed E-state index contributed by atoms with van der Waals surface area (Å²) in [6.07, 6.45) is 0. The van der Waals surface area contributed by atoms with Crippen LogP contribution in [0.25, 0.3) is 10.8 Å². The van der Waals surface area contributed by atoms with Crippen molar-refractivity contribution < 1.29 is 9.59 Å². The molecule has 0 fully saturated rings. The van der Waals surface area contributed by atoms with Gasteiger partial charge in [0.25, 0.3) is 0 Å². The molecule has 0 atom stereocenters. The zero-order valence-corrected chi connectivity index (χ0v) is 16.0. The fourth-order valence-electron chi connectivity index (χ4n) is 3.01. The summed E-state index contributed by atoms with van der Waals surface area (Å²) >= 11 is 1.35. The predicted octanol–water partition coefficient (Wildman–Crippen LogP) is 4.58. The molecule has 1 heterocycles. The first kappa shape index (κ1) is 18.1. The van der Waals surface area contributed by atoms with Crippen LogP contribution in [-0.2, 0) is 9.59 Å². The molecule has 0 bridgehead atoms. The number of amidine groups is 1. The highest BCUT2D eigenvalue weighted by atomic mass is 32.2. The number of carbonyl (C=O) groups is 2. The Morgan fingerprint density at radius 2 is 1.64 bits per heavy atom. The van der Waals surface area contributed by atoms with E-state index in [-0.39, 0.29) is 17.6 Å². The molecule has 1 aliphatic rings. The minimum atomic E-state index is -0.133. The number of amides is 2. The van der Waals surface area contributed by atoms with E-state index in [1.54, 1.807) is 24.3 Å². The van der Waals surface area contributed by atoms with Crippen molar-refractivity contribution in [3.05, 3.63) is 60.7 Å². The van der Waals surface area contributed by atoms with Crippen LogP contribution in [0.4, 0.5) is 22.7 Å². The lowest BCUT2D eigenvalue weighted by Gasteiger charge is -2.18. The fourth-order valence-corrected chi connectivity index (χ4v) is 3.70. The van der Waals surface area contributed by atoms with Crippen LogP contribution in [0.15, 0.2) is 65.7 Å². The summed E-state index contributed by atoms with van der Waals surface area (Å²) in [5.74, 6) is -0.0257. The molecule has 2 amide bonds. The van der Waals surface area contributed by atoms with Crippen molar-refractivity contribution in [1.82, 2.24) is 0 Å². The van der Waals surface area contributed by atoms with Crippen LogP contribution in [0.2, 0.25) is 0 Å². The number of hydrogen-bond acceptors (Lipinski definition) is 5. The third kappa shape index (κ3) is 3.99. The van der Waals surface area contributed by atoms with Crippen molar-refractivity contribution in [3.63, 3.8) is 0 Å². The van der Waals surface area contributed by atoms with E-state index in [4.69, 9.17) is 0 Å². The van der Waals surface area contributed by atoms with Crippen LogP contribution in [0.1, 0.15) is 6.92 Å². The van der Waals surface area contributed by atoms with Gasteiger partial charge in [0.2, 0.25) is 11.8 Å². The van der Waals surface area contributed by atoms with Gasteiger partial charge in [0.1, 0.15) is 0 Å². The van der Waals surface area contributed by atoms with Gasteiger partial charge in [0.15, 0.2) is 5.17 Å². The van der Waals surface area contributed by atoms with Crippen LogP contribution in [0.3, 0.4) is 0 Å². The molecule has 3 aromatic rings. The zero-order chi connectivity index (χ0) is 19.5. The molecule has 0 spiro atoms. The maximum atomic E-state index is 12.3. The Balaban J connectivity index is 1.38. The van der Waals surface area contributed by atoms with Crippen molar-refractivity contribution in [2.45, 2.75) is 6.92 Å². The summed E-state index contributed by atoms with van der Waals surface area (Å²) in [5.41, 5.74) is 3.27. The normalized spacial score (nSPS) is 12.1. The van der Waals surface area contributed by atoms with Gasteiger partial charge in [0.05, 0.1) is 17.1 Å². The lowest BCUT2D eigenvalue weighted by Crippen LogP contribution is -2.18. The summed E-state index contributed by atoms with van der Waals surface area (Å²) in [6, 6.07) is 19.1. The quantitative estimate of drug-likeness (QED) is 0.609. The zero-order valence-electron chi connectivity index (χ0n) is 15.2. The number of nitrogens with zero attached hydrogens (tertiary/aromatic N) is 1. The molecule has 0 radical (unpaired) electrons. The summed E-state index contributed by atoms with van der Waals surface area (Å²) in [4.78, 5) is 27.9. The van der Waals surface area contributed by atoms with Gasteiger partial charge in [-0.05, 0) is 41.8 Å². The molecular weight excluding hydrogens is 372 g/mol. The number of rotatable bonds is 4. The Morgan fingerprint density at radius 1 is 0.964 bits per heavy atom. The molecule has 0 aromatic heterocycles. The Kier molecular flexibility index (Phi) is 4.99. The van der Waals surface area contributed by atoms with Gasteiger partial charge < -0.3 is 16.0 Å². The molecule has 6 nitrogen and oxygen atoms in total. The molecule has 0 aliphatic carbocycles. The summed E-state index contributed by atoms with van der Waals surface area (Å²) in [7, 11) is 0. The van der Waals surface area contributed by atoms with Crippen LogP contribution < -0.4 is 16.0 Å². The number of anilines is 3. The highest BCUT2D eigenvalue weighted by molar-refractivity contribution is 8.14. The van der Waals surface area contributed by atoms with Gasteiger partial charge in [0, 0.05) is 23.7 Å². The van der Waals surface area contributed by atoms with Crippen molar-refractivity contribution in [2.75, 3.05) is 21.7 Å². The molecule has 0 saturated carbocycles. The maximum absolute atomic E-state index is 12.3. The summed E-state index contributed by atoms with van der Waals surface area (Å²) in [6.45, 7) is 1.45. The molecular formula is C21H18N4O2S. The molecule has 0 unspecified atom stereocenters. The van der Waals surface area contributed by atoms with E-state index < -0.39 is 0 Å². The second kappa shape index (κ2) is 7.74. The molecule has 3 N–H and O–H groups in total. The third-order valence-electron chi connectivity index (χ3n) is 4.18. The third-order valence-corrected chi connectivity index (χ3v) is 5.05. The highest BCUT2D eigenvalue weighted by Crippen LogP contribution is 2.36. The van der Waals surface area contributed by atoms with E-state index >= 15 is 0 Å². The van der Waals surface area contributed by atoms with Gasteiger partial charge in [-0.3, -0.25) is 9.59 Å². The van der Waals surface area contributed by atoms with Crippen molar-refractivity contribution in [2.24, 2.45) is 4.99 Å². The molecule has 0 saturated heterocycles. The second-order valence-electron chi connectivity index (χ2n) is 6.32. The molecule has 7 heteroatoms.